The first-order valence-corrected chi connectivity index (χ1v) is 13.0. The Hall–Kier alpha value is -4.65. The summed E-state index contributed by atoms with van der Waals surface area (Å²) >= 11 is 1.09. The lowest BCUT2D eigenvalue weighted by Crippen LogP contribution is -2.47. The first-order valence-electron chi connectivity index (χ1n) is 12.2. The molecule has 0 fully saturated rings. The van der Waals surface area contributed by atoms with E-state index in [1.807, 2.05) is 48.5 Å². The van der Waals surface area contributed by atoms with Crippen LogP contribution >= 0.6 is 11.3 Å². The monoisotopic (exact) mass is 587 g/mol. The number of amides is 1. The van der Waals surface area contributed by atoms with Crippen LogP contribution in [0.3, 0.4) is 0 Å². The molecule has 1 atom stereocenters. The molecule has 9 nitrogen and oxygen atoms in total. The number of fused-ring (bicyclic) bond motifs is 1. The van der Waals surface area contributed by atoms with Crippen LogP contribution in [0.4, 0.5) is 13.2 Å². The van der Waals surface area contributed by atoms with Gasteiger partial charge in [-0.25, -0.2) is 4.79 Å². The highest BCUT2D eigenvalue weighted by molar-refractivity contribution is 7.16. The molecule has 214 valence electrons. The van der Waals surface area contributed by atoms with Gasteiger partial charge in [0, 0.05) is 17.5 Å². The highest BCUT2D eigenvalue weighted by Gasteiger charge is 2.40. The number of carbonyl (C=O) groups excluding carboxylic acids is 1. The van der Waals surface area contributed by atoms with Crippen LogP contribution in [0, 0.1) is 0 Å². The zero-order valence-corrected chi connectivity index (χ0v) is 22.4. The number of carbonyl (C=O) groups is 2. The van der Waals surface area contributed by atoms with Gasteiger partial charge in [-0.05, 0) is 29.8 Å². The number of oxime groups is 1. The minimum atomic E-state index is -5.19. The Bertz CT molecular complexity index is 1620. The molecule has 1 heterocycles. The number of ether oxygens (including phenoxy) is 1. The molecule has 0 aliphatic heterocycles. The van der Waals surface area contributed by atoms with Crippen LogP contribution in [0.5, 0.6) is 5.75 Å². The Morgan fingerprint density at radius 1 is 1.05 bits per heavy atom. The molecule has 0 bridgehead atoms. The van der Waals surface area contributed by atoms with Gasteiger partial charge in [0.25, 0.3) is 0 Å². The van der Waals surface area contributed by atoms with E-state index >= 15 is 0 Å². The number of carboxylic acid groups (broad SMARTS) is 1. The number of rotatable bonds is 11. The van der Waals surface area contributed by atoms with Gasteiger partial charge in [0.1, 0.15) is 31.2 Å². The van der Waals surface area contributed by atoms with Crippen LogP contribution in [-0.2, 0) is 27.4 Å². The number of thiazole rings is 1. The lowest BCUT2D eigenvalue weighted by atomic mass is 10.0. The molecule has 3 aromatic carbocycles. The van der Waals surface area contributed by atoms with Crippen LogP contribution in [-0.4, -0.2) is 53.2 Å². The van der Waals surface area contributed by atoms with E-state index in [1.165, 1.54) is 36.7 Å². The third-order valence-corrected chi connectivity index (χ3v) is 6.92. The Morgan fingerprint density at radius 3 is 2.39 bits per heavy atom. The van der Waals surface area contributed by atoms with Gasteiger partial charge in [0.15, 0.2) is 0 Å². The van der Waals surface area contributed by atoms with Crippen molar-refractivity contribution in [3.63, 3.8) is 0 Å². The second-order valence-corrected chi connectivity index (χ2v) is 9.74. The number of aliphatic carboxylic acids is 1. The summed E-state index contributed by atoms with van der Waals surface area (Å²) in [5, 5.41) is 14.8. The summed E-state index contributed by atoms with van der Waals surface area (Å²) in [6.07, 6.45) is -5.54. The van der Waals surface area contributed by atoms with Crippen molar-refractivity contribution >= 4 is 39.1 Å². The number of hydrogen-bond acceptors (Lipinski definition) is 7. The zero-order chi connectivity index (χ0) is 29.6. The van der Waals surface area contributed by atoms with Gasteiger partial charge < -0.3 is 20.0 Å². The SMILES string of the molecule is CO/N=C(\c1ccccc1)c1ccc2c(c1)sc(=O)n2CCOc1ccc(CC(NC(=O)C(F)(F)F)C(=O)O)cc1. The van der Waals surface area contributed by atoms with Crippen molar-refractivity contribution in [3.05, 3.63) is 99.2 Å². The molecule has 2 N–H and O–H groups in total. The summed E-state index contributed by atoms with van der Waals surface area (Å²) < 4.78 is 45.5. The molecule has 1 unspecified atom stereocenters. The van der Waals surface area contributed by atoms with Crippen molar-refractivity contribution in [2.24, 2.45) is 5.16 Å². The molecular weight excluding hydrogens is 563 g/mol. The average Bonchev–Trinajstić information content (AvgIpc) is 3.26. The van der Waals surface area contributed by atoms with E-state index in [2.05, 4.69) is 5.16 Å². The lowest BCUT2D eigenvalue weighted by Gasteiger charge is -2.16. The Labute approximate surface area is 235 Å². The van der Waals surface area contributed by atoms with Crippen LogP contribution in [0.25, 0.3) is 10.2 Å². The second kappa shape index (κ2) is 12.7. The van der Waals surface area contributed by atoms with Crippen LogP contribution in [0.2, 0.25) is 0 Å². The Kier molecular flexibility index (Phi) is 9.07. The smallest absolute Gasteiger partial charge is 0.471 e. The molecule has 0 saturated heterocycles. The topological polar surface area (TPSA) is 119 Å². The average molecular weight is 588 g/mol. The molecule has 0 aliphatic carbocycles. The van der Waals surface area contributed by atoms with Crippen molar-refractivity contribution in [1.82, 2.24) is 9.88 Å². The Morgan fingerprint density at radius 2 is 1.76 bits per heavy atom. The molecule has 0 spiro atoms. The summed E-state index contributed by atoms with van der Waals surface area (Å²) in [5.74, 6) is -3.50. The minimum Gasteiger partial charge on any atom is -0.492 e. The third-order valence-electron chi connectivity index (χ3n) is 5.98. The van der Waals surface area contributed by atoms with Crippen LogP contribution in [0.15, 0.2) is 82.7 Å². The van der Waals surface area contributed by atoms with Crippen molar-refractivity contribution < 1.29 is 37.4 Å². The fraction of sp³-hybridized carbons (Fsp3) is 0.214. The lowest BCUT2D eigenvalue weighted by molar-refractivity contribution is -0.175. The van der Waals surface area contributed by atoms with E-state index in [0.717, 1.165) is 32.7 Å². The number of aromatic nitrogens is 1. The molecule has 4 rings (SSSR count). The molecule has 4 aromatic rings. The summed E-state index contributed by atoms with van der Waals surface area (Å²) in [5.41, 5.74) is 3.40. The van der Waals surface area contributed by atoms with Crippen molar-refractivity contribution in [3.8, 4) is 5.75 Å². The number of nitrogens with zero attached hydrogens (tertiary/aromatic N) is 2. The highest BCUT2D eigenvalue weighted by atomic mass is 32.1. The fourth-order valence-electron chi connectivity index (χ4n) is 4.04. The van der Waals surface area contributed by atoms with E-state index in [1.54, 1.807) is 4.57 Å². The maximum atomic E-state index is 12.7. The number of alkyl halides is 3. The van der Waals surface area contributed by atoms with Crippen molar-refractivity contribution in [1.29, 1.82) is 0 Å². The molecule has 0 radical (unpaired) electrons. The molecule has 13 heteroatoms. The number of benzene rings is 3. The van der Waals surface area contributed by atoms with Crippen LogP contribution < -0.4 is 14.9 Å². The molecular formula is C28H24F3N3O6S. The molecule has 1 amide bonds. The minimum absolute atomic E-state index is 0.145. The van der Waals surface area contributed by atoms with Gasteiger partial charge >= 0.3 is 22.9 Å². The predicted molar refractivity (Wildman–Crippen MR) is 146 cm³/mol. The summed E-state index contributed by atoms with van der Waals surface area (Å²) in [4.78, 5) is 40.0. The molecule has 41 heavy (non-hydrogen) atoms. The van der Waals surface area contributed by atoms with Crippen molar-refractivity contribution in [2.45, 2.75) is 25.2 Å². The first kappa shape index (κ1) is 29.3. The molecule has 1 aromatic heterocycles. The number of halogens is 3. The third kappa shape index (κ3) is 7.31. The maximum absolute atomic E-state index is 12.7. The summed E-state index contributed by atoms with van der Waals surface area (Å²) in [7, 11) is 1.47. The van der Waals surface area contributed by atoms with E-state index in [-0.39, 0.29) is 24.4 Å². The second-order valence-electron chi connectivity index (χ2n) is 8.75. The van der Waals surface area contributed by atoms with Gasteiger partial charge in [-0.2, -0.15) is 13.2 Å². The number of hydrogen-bond donors (Lipinski definition) is 2. The van der Waals surface area contributed by atoms with Gasteiger partial charge in [-0.1, -0.05) is 65.0 Å². The van der Waals surface area contributed by atoms with Crippen molar-refractivity contribution in [2.75, 3.05) is 13.7 Å². The van der Waals surface area contributed by atoms with Gasteiger partial charge in [-0.3, -0.25) is 14.2 Å². The van der Waals surface area contributed by atoms with E-state index < -0.39 is 24.1 Å². The standard InChI is InChI=1S/C28H24F3N3O6S/c1-39-33-24(18-5-3-2-4-6-18)19-9-12-22-23(16-19)41-27(38)34(22)13-14-40-20-10-7-17(8-11-20)15-21(25(35)36)32-26(37)28(29,30)31/h2-12,16,21H,13-15H2,1H3,(H,32,37)(H,35,36)/b33-24+. The normalized spacial score (nSPS) is 12.6. The highest BCUT2D eigenvalue weighted by Crippen LogP contribution is 2.22. The van der Waals surface area contributed by atoms with Gasteiger partial charge in [0.2, 0.25) is 0 Å². The predicted octanol–water partition coefficient (Wildman–Crippen LogP) is 4.22. The summed E-state index contributed by atoms with van der Waals surface area (Å²) in [6, 6.07) is 19.4. The zero-order valence-electron chi connectivity index (χ0n) is 21.6. The van der Waals surface area contributed by atoms with Gasteiger partial charge in [-0.15, -0.1) is 0 Å². The van der Waals surface area contributed by atoms with Gasteiger partial charge in [0.05, 0.1) is 16.8 Å². The summed E-state index contributed by atoms with van der Waals surface area (Å²) in [6.45, 7) is 0.398. The number of carboxylic acids is 1. The van der Waals surface area contributed by atoms with E-state index in [4.69, 9.17) is 9.57 Å². The Balaban J connectivity index is 1.40. The fourth-order valence-corrected chi connectivity index (χ4v) is 4.99. The van der Waals surface area contributed by atoms with Crippen LogP contribution in [0.1, 0.15) is 16.7 Å². The quantitative estimate of drug-likeness (QED) is 0.200. The van der Waals surface area contributed by atoms with E-state index in [0.29, 0.717) is 17.0 Å². The first-order chi connectivity index (χ1) is 19.6. The van der Waals surface area contributed by atoms with E-state index in [9.17, 15) is 32.7 Å². The largest absolute Gasteiger partial charge is 0.492 e. The maximum Gasteiger partial charge on any atom is 0.471 e. The molecule has 0 saturated carbocycles. The molecule has 0 aliphatic rings. The number of nitrogens with one attached hydrogen (secondary N) is 1.